The van der Waals surface area contributed by atoms with Crippen molar-refractivity contribution in [1.29, 1.82) is 0 Å². The Morgan fingerprint density at radius 1 is 1.15 bits per heavy atom. The number of likely N-dealkylation sites (tertiary alicyclic amines) is 1. The number of carbonyl (C=O) groups is 2. The molecule has 2 aromatic rings. The summed E-state index contributed by atoms with van der Waals surface area (Å²) in [5.41, 5.74) is 0.0528. The molecule has 0 bridgehead atoms. The lowest BCUT2D eigenvalue weighted by Crippen LogP contribution is -2.44. The average molecular weight is 466 g/mol. The summed E-state index contributed by atoms with van der Waals surface area (Å²) in [6.45, 7) is 0.714. The minimum Gasteiger partial charge on any atom is -0.489 e. The van der Waals surface area contributed by atoms with Crippen LogP contribution in [0.1, 0.15) is 49.0 Å². The molecule has 1 N–H and O–H groups in total. The predicted molar refractivity (Wildman–Crippen MR) is 110 cm³/mol. The lowest BCUT2D eigenvalue weighted by atomic mass is 9.81. The van der Waals surface area contributed by atoms with E-state index in [9.17, 15) is 22.8 Å². The number of nitrogens with zero attached hydrogens (tertiary/aromatic N) is 3. The van der Waals surface area contributed by atoms with Gasteiger partial charge < -0.3 is 14.1 Å². The highest BCUT2D eigenvalue weighted by molar-refractivity contribution is 6.03. The molecule has 178 valence electrons. The molecule has 33 heavy (non-hydrogen) atoms. The maximum absolute atomic E-state index is 13.0. The number of pyridine rings is 1. The summed E-state index contributed by atoms with van der Waals surface area (Å²) in [5.74, 6) is -2.09. The Labute approximate surface area is 188 Å². The van der Waals surface area contributed by atoms with E-state index in [1.807, 2.05) is 0 Å². The van der Waals surface area contributed by atoms with Gasteiger partial charge in [0.25, 0.3) is 5.91 Å². The van der Waals surface area contributed by atoms with Crippen molar-refractivity contribution in [3.05, 3.63) is 36.5 Å². The molecular formula is C22H25F3N4O4. The minimum atomic E-state index is -4.20. The number of hydrogen-bond donors (Lipinski definition) is 1. The number of nitrogens with one attached hydrogen (secondary N) is 1. The number of anilines is 1. The van der Waals surface area contributed by atoms with Crippen molar-refractivity contribution in [3.8, 4) is 5.75 Å². The average Bonchev–Trinajstić information content (AvgIpc) is 3.49. The summed E-state index contributed by atoms with van der Waals surface area (Å²) in [6.07, 6.45) is 1.99. The second-order valence-corrected chi connectivity index (χ2v) is 8.37. The highest BCUT2D eigenvalue weighted by Crippen LogP contribution is 2.40. The number of aromatic nitrogens is 2. The summed E-state index contributed by atoms with van der Waals surface area (Å²) < 4.78 is 49.7. The minimum absolute atomic E-state index is 0.00635. The summed E-state index contributed by atoms with van der Waals surface area (Å²) in [5, 5.41) is 2.49. The van der Waals surface area contributed by atoms with E-state index in [1.54, 1.807) is 17.0 Å². The van der Waals surface area contributed by atoms with Crippen LogP contribution in [0.5, 0.6) is 5.75 Å². The molecule has 0 aromatic carbocycles. The fourth-order valence-electron chi connectivity index (χ4n) is 4.51. The number of alkyl halides is 3. The van der Waals surface area contributed by atoms with Crippen molar-refractivity contribution in [2.45, 2.75) is 50.7 Å². The van der Waals surface area contributed by atoms with Gasteiger partial charge in [0.05, 0.1) is 18.2 Å². The van der Waals surface area contributed by atoms with Crippen molar-refractivity contribution < 1.29 is 31.9 Å². The van der Waals surface area contributed by atoms with Crippen molar-refractivity contribution in [2.75, 3.05) is 18.5 Å². The Bertz CT molecular complexity index is 959. The third-order valence-corrected chi connectivity index (χ3v) is 6.27. The first-order chi connectivity index (χ1) is 15.8. The van der Waals surface area contributed by atoms with Gasteiger partial charge in [-0.15, -0.1) is 0 Å². The van der Waals surface area contributed by atoms with E-state index >= 15 is 0 Å². The standard InChI is InChI=1S/C22H25F3N4O4/c23-22(24,25)15-7-5-14(6-8-15)20(31)29-11-2-3-16(29)13-33-17-4-1-9-26-18(17)19(30)28-21-27-10-12-32-21/h1,4,9-10,12,14-16H,2-3,5-8,11,13H2,(H,27,28,30)/t14-,15-,16-/m1/s1. The summed E-state index contributed by atoms with van der Waals surface area (Å²) in [4.78, 5) is 35.2. The van der Waals surface area contributed by atoms with E-state index in [0.29, 0.717) is 6.54 Å². The van der Waals surface area contributed by atoms with Gasteiger partial charge in [0.15, 0.2) is 11.4 Å². The SMILES string of the molecule is O=C(Nc1ncco1)c1ncccc1OC[C@H]1CCCN1C(=O)[C@H]1CC[C@H](C(F)(F)F)CC1. The van der Waals surface area contributed by atoms with Gasteiger partial charge in [-0.1, -0.05) is 0 Å². The molecule has 0 radical (unpaired) electrons. The Morgan fingerprint density at radius 2 is 1.94 bits per heavy atom. The molecule has 1 aliphatic heterocycles. The summed E-state index contributed by atoms with van der Waals surface area (Å²) in [7, 11) is 0. The molecule has 3 heterocycles. The molecule has 1 aliphatic carbocycles. The van der Waals surface area contributed by atoms with E-state index < -0.39 is 18.0 Å². The van der Waals surface area contributed by atoms with Crippen molar-refractivity contribution in [2.24, 2.45) is 11.8 Å². The van der Waals surface area contributed by atoms with Gasteiger partial charge in [-0.05, 0) is 50.7 Å². The first-order valence-electron chi connectivity index (χ1n) is 11.0. The van der Waals surface area contributed by atoms with E-state index in [-0.39, 0.29) is 67.6 Å². The molecule has 2 fully saturated rings. The number of rotatable bonds is 6. The Morgan fingerprint density at radius 3 is 2.64 bits per heavy atom. The molecule has 8 nitrogen and oxygen atoms in total. The zero-order chi connectivity index (χ0) is 23.4. The molecule has 2 amide bonds. The second-order valence-electron chi connectivity index (χ2n) is 8.37. The third-order valence-electron chi connectivity index (χ3n) is 6.27. The highest BCUT2D eigenvalue weighted by atomic mass is 19.4. The van der Waals surface area contributed by atoms with E-state index in [0.717, 1.165) is 12.8 Å². The van der Waals surface area contributed by atoms with Crippen molar-refractivity contribution in [1.82, 2.24) is 14.9 Å². The van der Waals surface area contributed by atoms with E-state index in [2.05, 4.69) is 15.3 Å². The molecule has 0 spiro atoms. The summed E-state index contributed by atoms with van der Waals surface area (Å²) >= 11 is 0. The molecular weight excluding hydrogens is 441 g/mol. The number of oxazole rings is 1. The Hall–Kier alpha value is -3.11. The molecule has 11 heteroatoms. The zero-order valence-electron chi connectivity index (χ0n) is 17.9. The van der Waals surface area contributed by atoms with Crippen LogP contribution in [0, 0.1) is 11.8 Å². The maximum atomic E-state index is 13.0. The van der Waals surface area contributed by atoms with Gasteiger partial charge in [0.1, 0.15) is 12.9 Å². The van der Waals surface area contributed by atoms with Gasteiger partial charge >= 0.3 is 12.2 Å². The quantitative estimate of drug-likeness (QED) is 0.690. The van der Waals surface area contributed by atoms with Crippen LogP contribution in [0.15, 0.2) is 35.2 Å². The topological polar surface area (TPSA) is 97.6 Å². The first kappa shape index (κ1) is 23.1. The van der Waals surface area contributed by atoms with E-state index in [4.69, 9.17) is 9.15 Å². The first-order valence-corrected chi connectivity index (χ1v) is 11.0. The number of carbonyl (C=O) groups excluding carboxylic acids is 2. The van der Waals surface area contributed by atoms with E-state index in [1.165, 1.54) is 18.7 Å². The highest BCUT2D eigenvalue weighted by Gasteiger charge is 2.44. The maximum Gasteiger partial charge on any atom is 0.391 e. The van der Waals surface area contributed by atoms with Crippen LogP contribution in [0.4, 0.5) is 19.2 Å². The van der Waals surface area contributed by atoms with Crippen LogP contribution in [-0.2, 0) is 4.79 Å². The number of halogens is 3. The van der Waals surface area contributed by atoms with Gasteiger partial charge in [-0.25, -0.2) is 9.97 Å². The molecule has 0 unspecified atom stereocenters. The Kier molecular flexibility index (Phi) is 6.85. The van der Waals surface area contributed by atoms with Crippen molar-refractivity contribution in [3.63, 3.8) is 0 Å². The van der Waals surface area contributed by atoms with Crippen molar-refractivity contribution >= 4 is 17.8 Å². The lowest BCUT2D eigenvalue weighted by Gasteiger charge is -2.33. The predicted octanol–water partition coefficient (Wildman–Crippen LogP) is 4.06. The largest absolute Gasteiger partial charge is 0.489 e. The van der Waals surface area contributed by atoms with Crippen LogP contribution in [0.25, 0.3) is 0 Å². The van der Waals surface area contributed by atoms with Gasteiger partial charge in [-0.3, -0.25) is 14.9 Å². The van der Waals surface area contributed by atoms with Crippen LogP contribution in [0.2, 0.25) is 0 Å². The monoisotopic (exact) mass is 466 g/mol. The molecule has 1 saturated carbocycles. The Balaban J connectivity index is 1.35. The number of ether oxygens (including phenoxy) is 1. The number of amides is 2. The fraction of sp³-hybridized carbons (Fsp3) is 0.545. The normalized spacial score (nSPS) is 23.4. The molecule has 2 aliphatic rings. The number of hydrogen-bond acceptors (Lipinski definition) is 6. The van der Waals surface area contributed by atoms with Crippen LogP contribution in [0.3, 0.4) is 0 Å². The molecule has 1 atom stereocenters. The summed E-state index contributed by atoms with van der Waals surface area (Å²) in [6, 6.07) is 3.07. The molecule has 1 saturated heterocycles. The fourth-order valence-corrected chi connectivity index (χ4v) is 4.51. The lowest BCUT2D eigenvalue weighted by molar-refractivity contribution is -0.185. The molecule has 4 rings (SSSR count). The van der Waals surface area contributed by atoms with Gasteiger partial charge in [0, 0.05) is 18.7 Å². The second kappa shape index (κ2) is 9.80. The van der Waals surface area contributed by atoms with Crippen LogP contribution in [-0.4, -0.2) is 52.1 Å². The van der Waals surface area contributed by atoms with Gasteiger partial charge in [0.2, 0.25) is 5.91 Å². The molecule has 2 aromatic heterocycles. The zero-order valence-corrected chi connectivity index (χ0v) is 17.9. The third kappa shape index (κ3) is 5.45. The van der Waals surface area contributed by atoms with Crippen LogP contribution < -0.4 is 10.1 Å². The van der Waals surface area contributed by atoms with Gasteiger partial charge in [-0.2, -0.15) is 13.2 Å². The van der Waals surface area contributed by atoms with Crippen LogP contribution >= 0.6 is 0 Å². The smallest absolute Gasteiger partial charge is 0.391 e.